The Morgan fingerprint density at radius 3 is 2.65 bits per heavy atom. The van der Waals surface area contributed by atoms with Crippen molar-refractivity contribution in [3.8, 4) is 0 Å². The van der Waals surface area contributed by atoms with E-state index in [0.717, 1.165) is 35.2 Å². The van der Waals surface area contributed by atoms with Crippen molar-refractivity contribution in [3.63, 3.8) is 0 Å². The van der Waals surface area contributed by atoms with Crippen LogP contribution < -0.4 is 5.32 Å². The zero-order valence-corrected chi connectivity index (χ0v) is 17.3. The first-order valence-electron chi connectivity index (χ1n) is 8.69. The molecule has 0 radical (unpaired) electrons. The number of rotatable bonds is 2. The van der Waals surface area contributed by atoms with Gasteiger partial charge in [-0.3, -0.25) is 9.78 Å². The second-order valence-corrected chi connectivity index (χ2v) is 7.45. The minimum Gasteiger partial charge on any atom is -0.333 e. The fourth-order valence-corrected chi connectivity index (χ4v) is 3.65. The van der Waals surface area contributed by atoms with Gasteiger partial charge in [-0.15, -0.1) is 24.8 Å². The molecule has 4 rings (SSSR count). The van der Waals surface area contributed by atoms with Crippen LogP contribution in [0.5, 0.6) is 0 Å². The smallest absolute Gasteiger partial charge is 0.254 e. The second kappa shape index (κ2) is 8.30. The van der Waals surface area contributed by atoms with Crippen LogP contribution in [0.3, 0.4) is 0 Å². The van der Waals surface area contributed by atoms with Crippen LogP contribution >= 0.6 is 36.4 Å². The van der Waals surface area contributed by atoms with Crippen LogP contribution in [0.4, 0.5) is 0 Å². The van der Waals surface area contributed by atoms with E-state index in [4.69, 9.17) is 16.6 Å². The summed E-state index contributed by atoms with van der Waals surface area (Å²) < 4.78 is 0. The molecule has 1 N–H and O–H groups in total. The molecule has 2 heterocycles. The van der Waals surface area contributed by atoms with Gasteiger partial charge < -0.3 is 10.2 Å². The van der Waals surface area contributed by atoms with Gasteiger partial charge in [-0.25, -0.2) is 0 Å². The van der Waals surface area contributed by atoms with Gasteiger partial charge in [-0.1, -0.05) is 11.6 Å². The molecule has 1 aromatic heterocycles. The summed E-state index contributed by atoms with van der Waals surface area (Å²) in [5.41, 5.74) is 2.65. The normalized spacial score (nSPS) is 22.5. The Labute approximate surface area is 171 Å². The lowest BCUT2D eigenvalue weighted by Crippen LogP contribution is -2.57. The number of amides is 1. The molecule has 0 bridgehead atoms. The topological polar surface area (TPSA) is 45.2 Å². The van der Waals surface area contributed by atoms with Crippen LogP contribution in [-0.4, -0.2) is 41.0 Å². The van der Waals surface area contributed by atoms with E-state index in [9.17, 15) is 4.79 Å². The maximum atomic E-state index is 13.3. The van der Waals surface area contributed by atoms with Gasteiger partial charge in [0.15, 0.2) is 0 Å². The van der Waals surface area contributed by atoms with Gasteiger partial charge in [-0.05, 0) is 51.0 Å². The lowest BCUT2D eigenvalue weighted by Gasteiger charge is -2.38. The largest absolute Gasteiger partial charge is 0.333 e. The van der Waals surface area contributed by atoms with Crippen molar-refractivity contribution >= 4 is 53.2 Å². The molecule has 1 saturated carbocycles. The molecule has 2 aliphatic rings. The third-order valence-corrected chi connectivity index (χ3v) is 5.55. The van der Waals surface area contributed by atoms with E-state index < -0.39 is 0 Å². The highest BCUT2D eigenvalue weighted by atomic mass is 35.5. The van der Waals surface area contributed by atoms with E-state index in [1.165, 1.54) is 12.8 Å². The zero-order chi connectivity index (χ0) is 16.8. The van der Waals surface area contributed by atoms with Gasteiger partial charge in [-0.2, -0.15) is 0 Å². The van der Waals surface area contributed by atoms with Crippen LogP contribution in [0.2, 0.25) is 5.02 Å². The Morgan fingerprint density at radius 2 is 1.96 bits per heavy atom. The third-order valence-electron chi connectivity index (χ3n) is 5.31. The van der Waals surface area contributed by atoms with Crippen molar-refractivity contribution in [2.45, 2.75) is 44.7 Å². The highest BCUT2D eigenvalue weighted by Crippen LogP contribution is 2.40. The minimum atomic E-state index is 0. The molecule has 1 aliphatic carbocycles. The molecule has 0 spiro atoms. The molecule has 1 aliphatic heterocycles. The zero-order valence-electron chi connectivity index (χ0n) is 14.9. The molecular formula is C19H24Cl3N3O. The molecular weight excluding hydrogens is 393 g/mol. The van der Waals surface area contributed by atoms with Crippen molar-refractivity contribution in [1.82, 2.24) is 15.2 Å². The molecule has 2 aromatic rings. The Hall–Kier alpha value is -1.07. The molecule has 1 saturated heterocycles. The number of pyridine rings is 1. The number of carbonyl (C=O) groups is 1. The molecule has 26 heavy (non-hydrogen) atoms. The van der Waals surface area contributed by atoms with E-state index in [1.807, 2.05) is 29.2 Å². The fraction of sp³-hybridized carbons (Fsp3) is 0.474. The first-order valence-corrected chi connectivity index (χ1v) is 9.07. The monoisotopic (exact) mass is 415 g/mol. The van der Waals surface area contributed by atoms with Crippen LogP contribution in [0, 0.1) is 0 Å². The SMILES string of the molecule is CC1NCCN(C(=O)c2cc(C3CC3)nc3ccc(Cl)cc23)C1C.Cl.Cl. The number of hydrogen-bond donors (Lipinski definition) is 1. The Bertz CT molecular complexity index is 810. The van der Waals surface area contributed by atoms with E-state index in [-0.39, 0.29) is 36.8 Å². The van der Waals surface area contributed by atoms with Crippen molar-refractivity contribution in [1.29, 1.82) is 0 Å². The van der Waals surface area contributed by atoms with E-state index in [1.54, 1.807) is 0 Å². The quantitative estimate of drug-likeness (QED) is 0.787. The number of carbonyl (C=O) groups excluding carboxylic acids is 1. The van der Waals surface area contributed by atoms with Crippen LogP contribution in [0.15, 0.2) is 24.3 Å². The first kappa shape index (κ1) is 21.2. The Kier molecular flexibility index (Phi) is 6.78. The van der Waals surface area contributed by atoms with Gasteiger partial charge in [0.05, 0.1) is 11.1 Å². The van der Waals surface area contributed by atoms with Gasteiger partial charge in [0.2, 0.25) is 0 Å². The summed E-state index contributed by atoms with van der Waals surface area (Å²) in [6.07, 6.45) is 2.33. The van der Waals surface area contributed by atoms with E-state index in [2.05, 4.69) is 19.2 Å². The Morgan fingerprint density at radius 1 is 1.23 bits per heavy atom. The highest BCUT2D eigenvalue weighted by molar-refractivity contribution is 6.31. The minimum absolute atomic E-state index is 0. The van der Waals surface area contributed by atoms with Crippen molar-refractivity contribution in [2.75, 3.05) is 13.1 Å². The number of aromatic nitrogens is 1. The summed E-state index contributed by atoms with van der Waals surface area (Å²) in [6, 6.07) is 8.09. The summed E-state index contributed by atoms with van der Waals surface area (Å²) in [7, 11) is 0. The summed E-state index contributed by atoms with van der Waals surface area (Å²) in [5.74, 6) is 0.600. The molecule has 142 valence electrons. The van der Waals surface area contributed by atoms with Gasteiger partial charge >= 0.3 is 0 Å². The average Bonchev–Trinajstić information content (AvgIpc) is 3.41. The van der Waals surface area contributed by atoms with Crippen LogP contribution in [0.1, 0.15) is 48.7 Å². The predicted octanol–water partition coefficient (Wildman–Crippen LogP) is 4.43. The van der Waals surface area contributed by atoms with Crippen LogP contribution in [0.25, 0.3) is 10.9 Å². The summed E-state index contributed by atoms with van der Waals surface area (Å²) in [6.45, 7) is 5.79. The second-order valence-electron chi connectivity index (χ2n) is 7.01. The summed E-state index contributed by atoms with van der Waals surface area (Å²) >= 11 is 6.18. The van der Waals surface area contributed by atoms with Gasteiger partial charge in [0.1, 0.15) is 0 Å². The lowest BCUT2D eigenvalue weighted by atomic mass is 10.0. The number of nitrogens with one attached hydrogen (secondary N) is 1. The predicted molar refractivity (Wildman–Crippen MR) is 111 cm³/mol. The number of benzene rings is 1. The van der Waals surface area contributed by atoms with Crippen molar-refractivity contribution in [2.24, 2.45) is 0 Å². The van der Waals surface area contributed by atoms with E-state index >= 15 is 0 Å². The number of piperazine rings is 1. The molecule has 7 heteroatoms. The third kappa shape index (κ3) is 3.94. The average molecular weight is 417 g/mol. The number of halogens is 3. The highest BCUT2D eigenvalue weighted by Gasteiger charge is 2.32. The van der Waals surface area contributed by atoms with Gasteiger partial charge in [0, 0.05) is 47.2 Å². The van der Waals surface area contributed by atoms with Crippen molar-refractivity contribution in [3.05, 3.63) is 40.5 Å². The number of nitrogens with zero attached hydrogens (tertiary/aromatic N) is 2. The van der Waals surface area contributed by atoms with Crippen LogP contribution in [-0.2, 0) is 0 Å². The molecule has 2 atom stereocenters. The summed E-state index contributed by atoms with van der Waals surface area (Å²) in [5, 5.41) is 4.92. The van der Waals surface area contributed by atoms with Crippen molar-refractivity contribution < 1.29 is 4.79 Å². The molecule has 1 amide bonds. The maximum Gasteiger partial charge on any atom is 0.254 e. The lowest BCUT2D eigenvalue weighted by molar-refractivity contribution is 0.0605. The number of fused-ring (bicyclic) bond motifs is 1. The molecule has 2 fully saturated rings. The molecule has 4 nitrogen and oxygen atoms in total. The van der Waals surface area contributed by atoms with E-state index in [0.29, 0.717) is 17.0 Å². The molecule has 2 unspecified atom stereocenters. The standard InChI is InChI=1S/C19H22ClN3O.2ClH/c1-11-12(2)23(8-7-21-11)19(24)16-10-18(13-3-4-13)22-17-6-5-14(20)9-15(16)17;;/h5-6,9-13,21H,3-4,7-8H2,1-2H3;2*1H. The molecule has 1 aromatic carbocycles. The maximum absolute atomic E-state index is 13.3. The summed E-state index contributed by atoms with van der Waals surface area (Å²) in [4.78, 5) is 20.0. The fourth-order valence-electron chi connectivity index (χ4n) is 3.48. The number of hydrogen-bond acceptors (Lipinski definition) is 3. The Balaban J connectivity index is 0.00000121. The first-order chi connectivity index (χ1) is 11.5. The van der Waals surface area contributed by atoms with Gasteiger partial charge in [0.25, 0.3) is 5.91 Å².